The number of hydrogen-bond acceptors (Lipinski definition) is 4. The van der Waals surface area contributed by atoms with E-state index in [2.05, 4.69) is 63.9 Å². The summed E-state index contributed by atoms with van der Waals surface area (Å²) in [6, 6.07) is 10.6. The van der Waals surface area contributed by atoms with E-state index >= 15 is 0 Å². The molecule has 0 spiro atoms. The molecule has 2 heterocycles. The third-order valence-corrected chi connectivity index (χ3v) is 4.74. The van der Waals surface area contributed by atoms with E-state index < -0.39 is 0 Å². The van der Waals surface area contributed by atoms with Crippen molar-refractivity contribution in [3.63, 3.8) is 0 Å². The van der Waals surface area contributed by atoms with Crippen LogP contribution in [0, 0.1) is 12.8 Å². The fraction of sp³-hybridized carbons (Fsp3) is 0.500. The maximum Gasteiger partial charge on any atom is 0.255 e. The van der Waals surface area contributed by atoms with Crippen LogP contribution in [0.5, 0.6) is 0 Å². The number of anilines is 1. The number of aryl methyl sites for hydroxylation is 1. The van der Waals surface area contributed by atoms with Crippen LogP contribution in [-0.4, -0.2) is 41.0 Å². The van der Waals surface area contributed by atoms with Crippen LogP contribution in [0.2, 0.25) is 0 Å². The number of piperazine rings is 1. The molecule has 1 saturated heterocycles. The molecule has 1 aromatic carbocycles. The Bertz CT molecular complexity index is 746. The molecule has 0 bridgehead atoms. The first kappa shape index (κ1) is 17.7. The number of H-pyrrole nitrogens is 1. The fourth-order valence-electron chi connectivity index (χ4n) is 3.35. The van der Waals surface area contributed by atoms with Gasteiger partial charge in [-0.15, -0.1) is 0 Å². The smallest absolute Gasteiger partial charge is 0.255 e. The Kier molecular flexibility index (Phi) is 5.53. The number of nitrogens with one attached hydrogen (secondary N) is 1. The standard InChI is InChI=1S/C20H28N4O/c1-15(2)13-18-16(3)21-20(22-19(18)25)24-11-9-23(10-12-24)14-17-7-5-4-6-8-17/h4-8,15H,9-14H2,1-3H3,(H,21,22,25). The average molecular weight is 340 g/mol. The number of benzene rings is 1. The Hall–Kier alpha value is -2.14. The predicted octanol–water partition coefficient (Wildman–Crippen LogP) is 2.60. The van der Waals surface area contributed by atoms with Gasteiger partial charge in [0.2, 0.25) is 5.95 Å². The Morgan fingerprint density at radius 3 is 2.40 bits per heavy atom. The minimum absolute atomic E-state index is 0.0166. The molecule has 1 aliphatic rings. The molecule has 0 amide bonds. The van der Waals surface area contributed by atoms with Crippen molar-refractivity contribution < 1.29 is 0 Å². The monoisotopic (exact) mass is 340 g/mol. The van der Waals surface area contributed by atoms with Gasteiger partial charge in [-0.05, 0) is 24.8 Å². The van der Waals surface area contributed by atoms with Gasteiger partial charge in [-0.3, -0.25) is 14.7 Å². The van der Waals surface area contributed by atoms with Crippen LogP contribution >= 0.6 is 0 Å². The molecule has 0 unspecified atom stereocenters. The van der Waals surface area contributed by atoms with Crippen molar-refractivity contribution >= 4 is 5.95 Å². The van der Waals surface area contributed by atoms with Gasteiger partial charge in [-0.25, -0.2) is 4.98 Å². The van der Waals surface area contributed by atoms with Crippen molar-refractivity contribution in [2.24, 2.45) is 5.92 Å². The van der Waals surface area contributed by atoms with Crippen LogP contribution in [-0.2, 0) is 13.0 Å². The largest absolute Gasteiger partial charge is 0.340 e. The maximum atomic E-state index is 12.4. The summed E-state index contributed by atoms with van der Waals surface area (Å²) in [5.41, 5.74) is 3.04. The third kappa shape index (κ3) is 4.48. The van der Waals surface area contributed by atoms with Crippen LogP contribution in [0.25, 0.3) is 0 Å². The molecule has 1 aliphatic heterocycles. The zero-order valence-electron chi connectivity index (χ0n) is 15.5. The normalized spacial score (nSPS) is 15.8. The molecule has 1 aromatic heterocycles. The molecule has 1 fully saturated rings. The lowest BCUT2D eigenvalue weighted by molar-refractivity contribution is 0.248. The van der Waals surface area contributed by atoms with E-state index in [9.17, 15) is 4.79 Å². The highest BCUT2D eigenvalue weighted by Crippen LogP contribution is 2.15. The van der Waals surface area contributed by atoms with Gasteiger partial charge in [0, 0.05) is 44.0 Å². The van der Waals surface area contributed by atoms with Gasteiger partial charge in [0.1, 0.15) is 0 Å². The second-order valence-electron chi connectivity index (χ2n) is 7.30. The van der Waals surface area contributed by atoms with Crippen LogP contribution in [0.15, 0.2) is 35.1 Å². The van der Waals surface area contributed by atoms with E-state index in [-0.39, 0.29) is 5.56 Å². The highest BCUT2D eigenvalue weighted by atomic mass is 16.1. The van der Waals surface area contributed by atoms with Crippen LogP contribution in [0.1, 0.15) is 30.7 Å². The van der Waals surface area contributed by atoms with Gasteiger partial charge in [0.15, 0.2) is 0 Å². The number of aromatic nitrogens is 2. The quantitative estimate of drug-likeness (QED) is 0.909. The zero-order chi connectivity index (χ0) is 17.8. The minimum atomic E-state index is 0.0166. The molecule has 1 N–H and O–H groups in total. The first-order chi connectivity index (χ1) is 12.0. The van der Waals surface area contributed by atoms with Gasteiger partial charge < -0.3 is 4.90 Å². The molecule has 134 valence electrons. The molecule has 0 aliphatic carbocycles. The van der Waals surface area contributed by atoms with Gasteiger partial charge in [0.05, 0.1) is 0 Å². The van der Waals surface area contributed by atoms with E-state index in [1.165, 1.54) is 5.56 Å². The number of aromatic amines is 1. The summed E-state index contributed by atoms with van der Waals surface area (Å²) in [7, 11) is 0. The van der Waals surface area contributed by atoms with Crippen molar-refractivity contribution in [2.45, 2.75) is 33.7 Å². The van der Waals surface area contributed by atoms with E-state index in [1.807, 2.05) is 6.92 Å². The van der Waals surface area contributed by atoms with Gasteiger partial charge >= 0.3 is 0 Å². The van der Waals surface area contributed by atoms with E-state index in [4.69, 9.17) is 0 Å². The Morgan fingerprint density at radius 2 is 1.80 bits per heavy atom. The molecule has 5 nitrogen and oxygen atoms in total. The summed E-state index contributed by atoms with van der Waals surface area (Å²) in [6.07, 6.45) is 0.777. The van der Waals surface area contributed by atoms with Crippen LogP contribution < -0.4 is 10.5 Å². The lowest BCUT2D eigenvalue weighted by atomic mass is 10.0. The maximum absolute atomic E-state index is 12.4. The summed E-state index contributed by atoms with van der Waals surface area (Å²) >= 11 is 0. The highest BCUT2D eigenvalue weighted by molar-refractivity contribution is 5.34. The molecule has 0 radical (unpaired) electrons. The Morgan fingerprint density at radius 1 is 1.12 bits per heavy atom. The first-order valence-corrected chi connectivity index (χ1v) is 9.14. The summed E-state index contributed by atoms with van der Waals surface area (Å²) < 4.78 is 0. The number of rotatable bonds is 5. The van der Waals surface area contributed by atoms with Crippen LogP contribution in [0.3, 0.4) is 0 Å². The molecule has 5 heteroatoms. The first-order valence-electron chi connectivity index (χ1n) is 9.14. The Balaban J connectivity index is 1.64. The second-order valence-corrected chi connectivity index (χ2v) is 7.30. The third-order valence-electron chi connectivity index (χ3n) is 4.74. The fourth-order valence-corrected chi connectivity index (χ4v) is 3.35. The Labute approximate surface area is 149 Å². The number of nitrogens with zero attached hydrogens (tertiary/aromatic N) is 3. The van der Waals surface area contributed by atoms with E-state index in [0.29, 0.717) is 5.92 Å². The zero-order valence-corrected chi connectivity index (χ0v) is 15.5. The predicted molar refractivity (Wildman–Crippen MR) is 102 cm³/mol. The minimum Gasteiger partial charge on any atom is -0.340 e. The lowest BCUT2D eigenvalue weighted by Gasteiger charge is -2.35. The van der Waals surface area contributed by atoms with Gasteiger partial charge in [-0.1, -0.05) is 44.2 Å². The molecular weight excluding hydrogens is 312 g/mol. The summed E-state index contributed by atoms with van der Waals surface area (Å²) in [5.74, 6) is 1.17. The average Bonchev–Trinajstić information content (AvgIpc) is 2.59. The SMILES string of the molecule is Cc1nc(N2CCN(Cc3ccccc3)CC2)[nH]c(=O)c1CC(C)C. The van der Waals surface area contributed by atoms with Crippen LogP contribution in [0.4, 0.5) is 5.95 Å². The lowest BCUT2D eigenvalue weighted by Crippen LogP contribution is -2.47. The summed E-state index contributed by atoms with van der Waals surface area (Å²) in [5, 5.41) is 0. The van der Waals surface area contributed by atoms with Crippen molar-refractivity contribution in [2.75, 3.05) is 31.1 Å². The highest BCUT2D eigenvalue weighted by Gasteiger charge is 2.20. The van der Waals surface area contributed by atoms with E-state index in [1.54, 1.807) is 0 Å². The number of hydrogen-bond donors (Lipinski definition) is 1. The molecule has 0 saturated carbocycles. The topological polar surface area (TPSA) is 52.2 Å². The molecular formula is C20H28N4O. The summed E-state index contributed by atoms with van der Waals surface area (Å²) in [4.78, 5) is 24.7. The second kappa shape index (κ2) is 7.83. The molecule has 0 atom stereocenters. The molecule has 3 rings (SSSR count). The summed E-state index contributed by atoms with van der Waals surface area (Å²) in [6.45, 7) is 10.9. The van der Waals surface area contributed by atoms with Gasteiger partial charge in [0.25, 0.3) is 5.56 Å². The van der Waals surface area contributed by atoms with Gasteiger partial charge in [-0.2, -0.15) is 0 Å². The van der Waals surface area contributed by atoms with E-state index in [0.717, 1.165) is 56.4 Å². The van der Waals surface area contributed by atoms with Crippen molar-refractivity contribution in [1.82, 2.24) is 14.9 Å². The van der Waals surface area contributed by atoms with Crippen molar-refractivity contribution in [1.29, 1.82) is 0 Å². The molecule has 25 heavy (non-hydrogen) atoms. The van der Waals surface area contributed by atoms with Crippen molar-refractivity contribution in [3.05, 3.63) is 57.5 Å². The van der Waals surface area contributed by atoms with Crippen molar-refractivity contribution in [3.8, 4) is 0 Å². The molecule has 2 aromatic rings.